The Morgan fingerprint density at radius 3 is 2.70 bits per heavy atom. The van der Waals surface area contributed by atoms with Gasteiger partial charge >= 0.3 is 12.1 Å². The van der Waals surface area contributed by atoms with Crippen LogP contribution >= 0.6 is 11.6 Å². The fourth-order valence-electron chi connectivity index (χ4n) is 2.01. The van der Waals surface area contributed by atoms with Gasteiger partial charge in [0, 0.05) is 12.3 Å². The number of aromatic nitrogens is 3. The molecule has 3 rings (SSSR count). The van der Waals surface area contributed by atoms with Crippen LogP contribution in [0.15, 0.2) is 24.4 Å². The molecule has 2 aromatic rings. The number of aromatic carboxylic acids is 1. The first-order valence-electron chi connectivity index (χ1n) is 6.45. The molecule has 1 aliphatic carbocycles. The first-order valence-corrected chi connectivity index (χ1v) is 6.83. The summed E-state index contributed by atoms with van der Waals surface area (Å²) < 4.78 is 43.7. The van der Waals surface area contributed by atoms with Gasteiger partial charge < -0.3 is 9.84 Å². The first kappa shape index (κ1) is 15.6. The van der Waals surface area contributed by atoms with Crippen LogP contribution in [0.25, 0.3) is 5.82 Å². The molecule has 0 aromatic carbocycles. The smallest absolute Gasteiger partial charge is 0.395 e. The Morgan fingerprint density at radius 2 is 2.13 bits per heavy atom. The minimum atomic E-state index is -4.27. The van der Waals surface area contributed by atoms with E-state index in [9.17, 15) is 18.0 Å². The number of carboxylic acids is 1. The predicted octanol–water partition coefficient (Wildman–Crippen LogP) is 2.95. The third kappa shape index (κ3) is 3.24. The summed E-state index contributed by atoms with van der Waals surface area (Å²) in [6.07, 6.45) is -3.86. The lowest BCUT2D eigenvalue weighted by Crippen LogP contribution is -2.16. The van der Waals surface area contributed by atoms with Crippen LogP contribution in [0.1, 0.15) is 16.8 Å². The molecule has 0 bridgehead atoms. The second-order valence-electron chi connectivity index (χ2n) is 4.95. The summed E-state index contributed by atoms with van der Waals surface area (Å²) >= 11 is 5.76. The van der Waals surface area contributed by atoms with Crippen molar-refractivity contribution in [2.24, 2.45) is 5.92 Å². The fourth-order valence-corrected chi connectivity index (χ4v) is 2.24. The van der Waals surface area contributed by atoms with E-state index in [0.717, 1.165) is 0 Å². The number of alkyl halides is 3. The number of halogens is 4. The second-order valence-corrected chi connectivity index (χ2v) is 5.31. The molecular formula is C13H9ClF3N3O3. The number of pyridine rings is 1. The maximum atomic E-state index is 12.4. The fraction of sp³-hybridized carbons (Fsp3) is 0.308. The Kier molecular flexibility index (Phi) is 3.67. The normalized spacial score (nSPS) is 20.3. The van der Waals surface area contributed by atoms with Crippen LogP contribution in [0.5, 0.6) is 5.88 Å². The van der Waals surface area contributed by atoms with Crippen LogP contribution in [0.3, 0.4) is 0 Å². The molecule has 122 valence electrons. The molecule has 2 atom stereocenters. The second kappa shape index (κ2) is 5.41. The lowest BCUT2D eigenvalue weighted by Gasteiger charge is -2.06. The summed E-state index contributed by atoms with van der Waals surface area (Å²) in [4.78, 5) is 14.7. The van der Waals surface area contributed by atoms with Crippen molar-refractivity contribution in [1.82, 2.24) is 14.8 Å². The summed E-state index contributed by atoms with van der Waals surface area (Å²) in [5, 5.41) is 12.6. The van der Waals surface area contributed by atoms with E-state index < -0.39 is 24.2 Å². The van der Waals surface area contributed by atoms with E-state index in [0.29, 0.717) is 0 Å². The van der Waals surface area contributed by atoms with Crippen molar-refractivity contribution in [3.05, 3.63) is 35.1 Å². The van der Waals surface area contributed by atoms with Gasteiger partial charge in [0.25, 0.3) is 0 Å². The van der Waals surface area contributed by atoms with Gasteiger partial charge in [0.2, 0.25) is 5.88 Å². The van der Waals surface area contributed by atoms with Gasteiger partial charge in [-0.15, -0.1) is 5.10 Å². The zero-order valence-electron chi connectivity index (χ0n) is 11.3. The van der Waals surface area contributed by atoms with Crippen LogP contribution in [-0.4, -0.2) is 38.1 Å². The Hall–Kier alpha value is -2.29. The van der Waals surface area contributed by atoms with Crippen LogP contribution in [0, 0.1) is 5.92 Å². The highest BCUT2D eigenvalue weighted by molar-refractivity contribution is 6.32. The van der Waals surface area contributed by atoms with Gasteiger partial charge in [-0.2, -0.15) is 13.2 Å². The average Bonchev–Trinajstić information content (AvgIpc) is 3.07. The number of hydrogen-bond donors (Lipinski definition) is 1. The zero-order valence-corrected chi connectivity index (χ0v) is 12.0. The first-order chi connectivity index (χ1) is 10.8. The third-order valence-corrected chi connectivity index (χ3v) is 3.58. The highest BCUT2D eigenvalue weighted by Gasteiger charge is 2.57. The van der Waals surface area contributed by atoms with Crippen LogP contribution in [0.4, 0.5) is 13.2 Å². The number of hydrogen-bond acceptors (Lipinski definition) is 4. The Morgan fingerprint density at radius 1 is 1.39 bits per heavy atom. The maximum Gasteiger partial charge on any atom is 0.395 e. The molecule has 0 aliphatic heterocycles. The van der Waals surface area contributed by atoms with E-state index >= 15 is 0 Å². The molecule has 0 saturated heterocycles. The highest BCUT2D eigenvalue weighted by Crippen LogP contribution is 2.46. The van der Waals surface area contributed by atoms with Crippen LogP contribution in [0.2, 0.25) is 5.15 Å². The molecule has 6 nitrogen and oxygen atoms in total. The number of carbonyl (C=O) groups is 1. The van der Waals surface area contributed by atoms with Gasteiger partial charge in [0.1, 0.15) is 11.3 Å². The Balaban J connectivity index is 1.73. The third-order valence-electron chi connectivity index (χ3n) is 3.29. The molecule has 23 heavy (non-hydrogen) atoms. The molecule has 0 amide bonds. The molecule has 2 heterocycles. The van der Waals surface area contributed by atoms with Crippen LogP contribution in [-0.2, 0) is 0 Å². The van der Waals surface area contributed by atoms with Gasteiger partial charge in [-0.25, -0.2) is 14.5 Å². The van der Waals surface area contributed by atoms with Crippen molar-refractivity contribution in [3.8, 4) is 11.7 Å². The largest absolute Gasteiger partial charge is 0.478 e. The van der Waals surface area contributed by atoms with E-state index in [2.05, 4.69) is 10.1 Å². The Bertz CT molecular complexity index is 762. The minimum Gasteiger partial charge on any atom is -0.478 e. The van der Waals surface area contributed by atoms with Crippen molar-refractivity contribution in [3.63, 3.8) is 0 Å². The maximum absolute atomic E-state index is 12.4. The van der Waals surface area contributed by atoms with Gasteiger partial charge in [-0.05, 0) is 18.6 Å². The van der Waals surface area contributed by atoms with Crippen molar-refractivity contribution >= 4 is 17.6 Å². The lowest BCUT2D eigenvalue weighted by atomic mass is 10.3. The summed E-state index contributed by atoms with van der Waals surface area (Å²) in [6, 6.07) is 4.03. The van der Waals surface area contributed by atoms with E-state index in [1.165, 1.54) is 29.1 Å². The van der Waals surface area contributed by atoms with Crippen molar-refractivity contribution in [1.29, 1.82) is 0 Å². The highest BCUT2D eigenvalue weighted by atomic mass is 35.5. The van der Waals surface area contributed by atoms with Gasteiger partial charge in [0.05, 0.1) is 11.5 Å². The molecule has 0 spiro atoms. The summed E-state index contributed by atoms with van der Waals surface area (Å²) in [7, 11) is 0. The van der Waals surface area contributed by atoms with Crippen molar-refractivity contribution < 1.29 is 27.8 Å². The van der Waals surface area contributed by atoms with Crippen LogP contribution < -0.4 is 4.74 Å². The SMILES string of the molecule is O=C(O)c1ccc(-n2ccc(O[C@@H]3C[C@@H]3C(F)(F)F)n2)nc1Cl. The standard InChI is InChI=1S/C13H9ClF3N3O3/c14-11-6(12(21)22)1-2-9(18-11)20-4-3-10(19-20)23-8-5-7(8)13(15,16)17/h1-4,7-8H,5H2,(H,21,22)/t7-,8+/m0/s1. The van der Waals surface area contributed by atoms with Gasteiger partial charge in [-0.1, -0.05) is 11.6 Å². The molecule has 1 N–H and O–H groups in total. The molecule has 1 saturated carbocycles. The van der Waals surface area contributed by atoms with E-state index in [1.54, 1.807) is 0 Å². The van der Waals surface area contributed by atoms with E-state index in [4.69, 9.17) is 21.4 Å². The average molecular weight is 348 g/mol. The van der Waals surface area contributed by atoms with Gasteiger partial charge in [-0.3, -0.25) is 0 Å². The summed E-state index contributed by atoms with van der Waals surface area (Å²) in [5.41, 5.74) is -0.162. The predicted molar refractivity (Wildman–Crippen MR) is 71.9 cm³/mol. The monoisotopic (exact) mass is 347 g/mol. The van der Waals surface area contributed by atoms with Crippen molar-refractivity contribution in [2.45, 2.75) is 18.7 Å². The quantitative estimate of drug-likeness (QED) is 0.860. The lowest BCUT2D eigenvalue weighted by molar-refractivity contribution is -0.153. The summed E-state index contributed by atoms with van der Waals surface area (Å²) in [6.45, 7) is 0. The summed E-state index contributed by atoms with van der Waals surface area (Å²) in [5.74, 6) is -2.43. The molecule has 1 aliphatic rings. The number of ether oxygens (including phenoxy) is 1. The minimum absolute atomic E-state index is 0.0296. The number of carboxylic acid groups (broad SMARTS) is 1. The topological polar surface area (TPSA) is 77.2 Å². The molecule has 0 radical (unpaired) electrons. The van der Waals surface area contributed by atoms with E-state index in [-0.39, 0.29) is 28.8 Å². The molecule has 2 aromatic heterocycles. The van der Waals surface area contributed by atoms with Gasteiger partial charge in [0.15, 0.2) is 5.82 Å². The molecular weight excluding hydrogens is 339 g/mol. The zero-order chi connectivity index (χ0) is 16.8. The number of rotatable bonds is 4. The molecule has 1 fully saturated rings. The Labute approximate surface area is 132 Å². The molecule has 10 heteroatoms. The molecule has 0 unspecified atom stereocenters. The number of nitrogens with zero attached hydrogens (tertiary/aromatic N) is 3. The van der Waals surface area contributed by atoms with E-state index in [1.807, 2.05) is 0 Å². The van der Waals surface area contributed by atoms with Crippen molar-refractivity contribution in [2.75, 3.05) is 0 Å².